The molecule has 0 aliphatic heterocycles. The van der Waals surface area contributed by atoms with E-state index in [-0.39, 0.29) is 0 Å². The molecule has 0 N–H and O–H groups in total. The summed E-state index contributed by atoms with van der Waals surface area (Å²) in [6.07, 6.45) is 0. The lowest BCUT2D eigenvalue weighted by atomic mass is 10.0. The van der Waals surface area contributed by atoms with Gasteiger partial charge >= 0.3 is 0 Å². The van der Waals surface area contributed by atoms with Crippen molar-refractivity contribution in [3.63, 3.8) is 0 Å². The Bertz CT molecular complexity index is 3280. The second-order valence-corrected chi connectivity index (χ2v) is 22.0. The van der Waals surface area contributed by atoms with Gasteiger partial charge in [-0.15, -0.1) is 0 Å². The van der Waals surface area contributed by atoms with Crippen molar-refractivity contribution in [2.75, 3.05) is 4.90 Å². The van der Waals surface area contributed by atoms with Gasteiger partial charge in [-0.2, -0.15) is 0 Å². The first-order valence-electron chi connectivity index (χ1n) is 21.1. The first-order chi connectivity index (χ1) is 29.9. The van der Waals surface area contributed by atoms with Crippen molar-refractivity contribution < 1.29 is 4.42 Å². The molecular formula is C57H44N2OSi. The summed E-state index contributed by atoms with van der Waals surface area (Å²) in [5.41, 5.74) is 15.8. The summed E-state index contributed by atoms with van der Waals surface area (Å²) >= 11 is 0. The van der Waals surface area contributed by atoms with E-state index < -0.39 is 8.07 Å². The molecule has 0 bridgehead atoms. The molecule has 11 rings (SSSR count). The molecule has 0 unspecified atom stereocenters. The van der Waals surface area contributed by atoms with Crippen LogP contribution in [0.3, 0.4) is 0 Å². The lowest BCUT2D eigenvalue weighted by molar-refractivity contribution is 0.668. The molecule has 0 atom stereocenters. The van der Waals surface area contributed by atoms with E-state index in [1.54, 1.807) is 0 Å². The van der Waals surface area contributed by atoms with Crippen molar-refractivity contribution in [2.45, 2.75) is 19.6 Å². The molecule has 4 heteroatoms. The third-order valence-corrected chi connectivity index (χ3v) is 14.2. The summed E-state index contributed by atoms with van der Waals surface area (Å²) in [6, 6.07) is 76.8. The number of rotatable bonds is 8. The molecule has 0 radical (unpaired) electrons. The zero-order valence-electron chi connectivity index (χ0n) is 34.5. The fourth-order valence-electron chi connectivity index (χ4n) is 9.10. The Kier molecular flexibility index (Phi) is 8.83. The Morgan fingerprint density at radius 1 is 0.361 bits per heavy atom. The molecule has 2 aromatic heterocycles. The standard InChI is InChI=1S/C57H44N2OSi/c1-61(2,3)55-23-13-20-50-49-19-12-22-54(56(49)60-57(50)55)59-52-21-11-10-18-48(52)51-38-44(30-37-53(51)59)43-28-35-47(36-29-43)58(45-31-24-41(25-32-45)39-14-6-4-7-15-39)46-33-26-42(27-34-46)40-16-8-5-9-17-40/h4-38H,1-3H3. The van der Waals surface area contributed by atoms with Crippen molar-refractivity contribution in [2.24, 2.45) is 0 Å². The van der Waals surface area contributed by atoms with Crippen LogP contribution in [0.2, 0.25) is 19.6 Å². The smallest absolute Gasteiger partial charge is 0.159 e. The van der Waals surface area contributed by atoms with Crippen molar-refractivity contribution in [1.29, 1.82) is 0 Å². The van der Waals surface area contributed by atoms with Gasteiger partial charge in [0.2, 0.25) is 0 Å². The molecule has 292 valence electrons. The van der Waals surface area contributed by atoms with Gasteiger partial charge in [0, 0.05) is 38.6 Å². The molecule has 61 heavy (non-hydrogen) atoms. The number of hydrogen-bond acceptors (Lipinski definition) is 2. The average Bonchev–Trinajstić information content (AvgIpc) is 3.86. The van der Waals surface area contributed by atoms with Gasteiger partial charge in [0.25, 0.3) is 0 Å². The minimum Gasteiger partial charge on any atom is -0.454 e. The molecule has 0 aliphatic rings. The summed E-state index contributed by atoms with van der Waals surface area (Å²) in [4.78, 5) is 2.34. The highest BCUT2D eigenvalue weighted by Crippen LogP contribution is 2.41. The maximum Gasteiger partial charge on any atom is 0.159 e. The molecule has 0 fully saturated rings. The molecule has 11 aromatic rings. The monoisotopic (exact) mass is 800 g/mol. The van der Waals surface area contributed by atoms with Gasteiger partial charge in [-0.05, 0) is 99.2 Å². The van der Waals surface area contributed by atoms with E-state index in [1.165, 1.54) is 54.7 Å². The maximum absolute atomic E-state index is 6.91. The Morgan fingerprint density at radius 3 is 1.38 bits per heavy atom. The van der Waals surface area contributed by atoms with Crippen LogP contribution in [0.1, 0.15) is 0 Å². The molecule has 0 amide bonds. The largest absolute Gasteiger partial charge is 0.454 e. The van der Waals surface area contributed by atoms with Crippen LogP contribution in [0.25, 0.3) is 82.8 Å². The minimum absolute atomic E-state index is 0.930. The van der Waals surface area contributed by atoms with Gasteiger partial charge in [-0.25, -0.2) is 0 Å². The highest BCUT2D eigenvalue weighted by atomic mass is 28.3. The third-order valence-electron chi connectivity index (χ3n) is 12.1. The zero-order chi connectivity index (χ0) is 41.1. The summed E-state index contributed by atoms with van der Waals surface area (Å²) in [5.74, 6) is 0. The van der Waals surface area contributed by atoms with E-state index in [2.05, 4.69) is 241 Å². The first kappa shape index (κ1) is 36.7. The Balaban J connectivity index is 0.992. The van der Waals surface area contributed by atoms with E-state index in [0.717, 1.165) is 50.3 Å². The third kappa shape index (κ3) is 6.44. The quantitative estimate of drug-likeness (QED) is 0.143. The molecule has 0 spiro atoms. The number of nitrogens with zero attached hydrogens (tertiary/aromatic N) is 2. The second kappa shape index (κ2) is 14.7. The topological polar surface area (TPSA) is 21.3 Å². The van der Waals surface area contributed by atoms with Gasteiger partial charge in [-0.3, -0.25) is 0 Å². The number of fused-ring (bicyclic) bond motifs is 6. The van der Waals surface area contributed by atoms with E-state index in [0.29, 0.717) is 0 Å². The molecule has 0 saturated carbocycles. The fourth-order valence-corrected chi connectivity index (χ4v) is 10.6. The number of para-hydroxylation sites is 3. The second-order valence-electron chi connectivity index (χ2n) is 17.0. The van der Waals surface area contributed by atoms with Crippen molar-refractivity contribution >= 4 is 74.1 Å². The summed E-state index contributed by atoms with van der Waals surface area (Å²) in [6.45, 7) is 7.17. The maximum atomic E-state index is 6.91. The predicted molar refractivity (Wildman–Crippen MR) is 262 cm³/mol. The van der Waals surface area contributed by atoms with Crippen LogP contribution in [0.5, 0.6) is 0 Å². The SMILES string of the molecule is C[Si](C)(C)c1cccc2c1oc1c(-n3c4ccccc4c4cc(-c5ccc(N(c6ccc(-c7ccccc7)cc6)c6ccc(-c7ccccc7)cc6)cc5)ccc43)cccc12. The fraction of sp³-hybridized carbons (Fsp3) is 0.0526. The van der Waals surface area contributed by atoms with Crippen molar-refractivity contribution in [3.8, 4) is 39.1 Å². The predicted octanol–water partition coefficient (Wildman–Crippen LogP) is 15.7. The summed E-state index contributed by atoms with van der Waals surface area (Å²) in [7, 11) is -1.65. The van der Waals surface area contributed by atoms with Crippen molar-refractivity contribution in [1.82, 2.24) is 4.57 Å². The molecular weight excluding hydrogens is 757 g/mol. The molecule has 9 aromatic carbocycles. The van der Waals surface area contributed by atoms with E-state index >= 15 is 0 Å². The molecule has 3 nitrogen and oxygen atoms in total. The lowest BCUT2D eigenvalue weighted by Gasteiger charge is -2.26. The Hall–Kier alpha value is -7.40. The zero-order valence-corrected chi connectivity index (χ0v) is 35.5. The number of aromatic nitrogens is 1. The van der Waals surface area contributed by atoms with Crippen LogP contribution < -0.4 is 10.1 Å². The summed E-state index contributed by atoms with van der Waals surface area (Å²) < 4.78 is 9.30. The van der Waals surface area contributed by atoms with E-state index in [4.69, 9.17) is 4.42 Å². The average molecular weight is 801 g/mol. The van der Waals surface area contributed by atoms with Gasteiger partial charge < -0.3 is 13.9 Å². The van der Waals surface area contributed by atoms with Gasteiger partial charge in [0.1, 0.15) is 5.58 Å². The van der Waals surface area contributed by atoms with E-state index in [9.17, 15) is 0 Å². The van der Waals surface area contributed by atoms with Crippen LogP contribution in [-0.2, 0) is 0 Å². The van der Waals surface area contributed by atoms with Crippen LogP contribution in [0, 0.1) is 0 Å². The lowest BCUT2D eigenvalue weighted by Crippen LogP contribution is -2.37. The van der Waals surface area contributed by atoms with Crippen LogP contribution >= 0.6 is 0 Å². The highest BCUT2D eigenvalue weighted by molar-refractivity contribution is 6.90. The normalized spacial score (nSPS) is 11.9. The molecule has 0 aliphatic carbocycles. The van der Waals surface area contributed by atoms with Crippen LogP contribution in [0.4, 0.5) is 17.1 Å². The Morgan fingerprint density at radius 2 is 0.803 bits per heavy atom. The highest BCUT2D eigenvalue weighted by Gasteiger charge is 2.24. The first-order valence-corrected chi connectivity index (χ1v) is 24.6. The van der Waals surface area contributed by atoms with Gasteiger partial charge in [0.05, 0.1) is 24.8 Å². The number of hydrogen-bond donors (Lipinski definition) is 0. The Labute approximate surface area is 357 Å². The number of anilines is 3. The number of furan rings is 1. The van der Waals surface area contributed by atoms with E-state index in [1.807, 2.05) is 0 Å². The molecule has 0 saturated heterocycles. The van der Waals surface area contributed by atoms with Gasteiger partial charge in [-0.1, -0.05) is 171 Å². The summed E-state index contributed by atoms with van der Waals surface area (Å²) in [5, 5.41) is 6.14. The molecule has 2 heterocycles. The van der Waals surface area contributed by atoms with Crippen LogP contribution in [-0.4, -0.2) is 12.6 Å². The van der Waals surface area contributed by atoms with Crippen LogP contribution in [0.15, 0.2) is 217 Å². The number of benzene rings is 9. The van der Waals surface area contributed by atoms with Crippen molar-refractivity contribution in [3.05, 3.63) is 212 Å². The minimum atomic E-state index is -1.65. The van der Waals surface area contributed by atoms with Gasteiger partial charge in [0.15, 0.2) is 5.58 Å².